The summed E-state index contributed by atoms with van der Waals surface area (Å²) in [5.41, 5.74) is 3.69. The van der Waals surface area contributed by atoms with Crippen molar-refractivity contribution >= 4 is 28.5 Å². The first-order chi connectivity index (χ1) is 16.7. The Hall–Kier alpha value is -4.19. The summed E-state index contributed by atoms with van der Waals surface area (Å²) >= 11 is 0. The number of nitrogens with zero attached hydrogens (tertiary/aromatic N) is 1. The summed E-state index contributed by atoms with van der Waals surface area (Å²) in [5.74, 6) is 0.220. The number of ether oxygens (including phenoxy) is 2. The van der Waals surface area contributed by atoms with Gasteiger partial charge in [0, 0.05) is 11.1 Å². The Bertz CT molecular complexity index is 1350. The zero-order chi connectivity index (χ0) is 23.3. The Kier molecular flexibility index (Phi) is 6.21. The molecule has 170 valence electrons. The summed E-state index contributed by atoms with van der Waals surface area (Å²) in [6.07, 6.45) is 3.69. The van der Waals surface area contributed by atoms with Crippen LogP contribution in [0.3, 0.4) is 0 Å². The first kappa shape index (κ1) is 21.6. The van der Waals surface area contributed by atoms with E-state index in [4.69, 9.17) is 14.5 Å². The number of carbonyl (C=O) groups excluding carboxylic acids is 2. The van der Waals surface area contributed by atoms with E-state index in [0.29, 0.717) is 22.7 Å². The third-order valence-corrected chi connectivity index (χ3v) is 5.84. The predicted molar refractivity (Wildman–Crippen MR) is 130 cm³/mol. The molecule has 4 aromatic rings. The minimum Gasteiger partial charge on any atom is -0.455 e. The van der Waals surface area contributed by atoms with Gasteiger partial charge in [0.25, 0.3) is 5.91 Å². The van der Waals surface area contributed by atoms with Crippen LogP contribution in [0.5, 0.6) is 11.5 Å². The van der Waals surface area contributed by atoms with Crippen LogP contribution in [0.1, 0.15) is 34.5 Å². The van der Waals surface area contributed by atoms with Crippen molar-refractivity contribution in [3.63, 3.8) is 0 Å². The van der Waals surface area contributed by atoms with Gasteiger partial charge in [-0.1, -0.05) is 48.5 Å². The molecule has 1 aliphatic carbocycles. The molecule has 1 aliphatic rings. The molecule has 0 atom stereocenters. The molecule has 0 aliphatic heterocycles. The van der Waals surface area contributed by atoms with Crippen LogP contribution in [0.15, 0.2) is 78.9 Å². The van der Waals surface area contributed by atoms with Gasteiger partial charge in [-0.2, -0.15) is 0 Å². The number of aryl methyl sites for hydroxylation is 1. The number of nitrogens with one attached hydrogen (secondary N) is 1. The third-order valence-electron chi connectivity index (χ3n) is 5.84. The van der Waals surface area contributed by atoms with E-state index in [0.717, 1.165) is 47.8 Å². The van der Waals surface area contributed by atoms with E-state index in [1.165, 1.54) is 0 Å². The summed E-state index contributed by atoms with van der Waals surface area (Å²) in [4.78, 5) is 30.5. The number of fused-ring (bicyclic) bond motifs is 2. The lowest BCUT2D eigenvalue weighted by Gasteiger charge is -2.20. The number of hydrogen-bond acceptors (Lipinski definition) is 5. The van der Waals surface area contributed by atoms with Crippen molar-refractivity contribution in [2.45, 2.75) is 25.7 Å². The molecule has 0 fully saturated rings. The Labute approximate surface area is 197 Å². The second kappa shape index (κ2) is 9.75. The fraction of sp³-hybridized carbons (Fsp3) is 0.179. The third kappa shape index (κ3) is 4.62. The van der Waals surface area contributed by atoms with Gasteiger partial charge < -0.3 is 14.8 Å². The number of hydrogen-bond donors (Lipinski definition) is 1. The monoisotopic (exact) mass is 452 g/mol. The highest BCUT2D eigenvalue weighted by atomic mass is 16.5. The van der Waals surface area contributed by atoms with Crippen molar-refractivity contribution in [3.8, 4) is 11.5 Å². The lowest BCUT2D eigenvalue weighted by atomic mass is 9.90. The molecule has 1 heterocycles. The van der Waals surface area contributed by atoms with Crippen LogP contribution in [0, 0.1) is 0 Å². The lowest BCUT2D eigenvalue weighted by Crippen LogP contribution is -2.22. The van der Waals surface area contributed by atoms with Gasteiger partial charge in [-0.15, -0.1) is 0 Å². The van der Waals surface area contributed by atoms with Crippen molar-refractivity contribution in [1.29, 1.82) is 0 Å². The predicted octanol–water partition coefficient (Wildman–Crippen LogP) is 5.70. The molecule has 3 aromatic carbocycles. The van der Waals surface area contributed by atoms with Crippen LogP contribution >= 0.6 is 0 Å². The number of anilines is 1. The largest absolute Gasteiger partial charge is 0.455 e. The molecule has 6 nitrogen and oxygen atoms in total. The number of rotatable bonds is 6. The van der Waals surface area contributed by atoms with Gasteiger partial charge in [0.05, 0.1) is 16.8 Å². The Balaban J connectivity index is 1.31. The molecule has 1 N–H and O–H groups in total. The number of amides is 1. The number of benzene rings is 3. The number of para-hydroxylation sites is 4. The van der Waals surface area contributed by atoms with Crippen molar-refractivity contribution in [3.05, 3.63) is 95.7 Å². The van der Waals surface area contributed by atoms with Crippen LogP contribution in [0.25, 0.3) is 10.9 Å². The Morgan fingerprint density at radius 2 is 1.59 bits per heavy atom. The van der Waals surface area contributed by atoms with Gasteiger partial charge >= 0.3 is 5.97 Å². The Morgan fingerprint density at radius 3 is 2.47 bits per heavy atom. The second-order valence-electron chi connectivity index (χ2n) is 8.17. The first-order valence-electron chi connectivity index (χ1n) is 11.4. The SMILES string of the molecule is O=C(COC(=O)c1c2c(nc3ccccc13)CCCC2)Nc1ccccc1Oc1ccccc1. The van der Waals surface area contributed by atoms with Gasteiger partial charge in [0.15, 0.2) is 12.4 Å². The van der Waals surface area contributed by atoms with Crippen LogP contribution < -0.4 is 10.1 Å². The van der Waals surface area contributed by atoms with E-state index in [1.807, 2.05) is 60.7 Å². The summed E-state index contributed by atoms with van der Waals surface area (Å²) in [5, 5.41) is 3.54. The van der Waals surface area contributed by atoms with E-state index in [-0.39, 0.29) is 0 Å². The fourth-order valence-corrected chi connectivity index (χ4v) is 4.27. The molecule has 0 spiro atoms. The molecule has 6 heteroatoms. The molecular formula is C28H24N2O4. The van der Waals surface area contributed by atoms with Crippen molar-refractivity contribution in [2.75, 3.05) is 11.9 Å². The fourth-order valence-electron chi connectivity index (χ4n) is 4.27. The summed E-state index contributed by atoms with van der Waals surface area (Å²) in [7, 11) is 0. The van der Waals surface area contributed by atoms with E-state index in [9.17, 15) is 9.59 Å². The summed E-state index contributed by atoms with van der Waals surface area (Å²) in [6, 6.07) is 24.0. The number of esters is 1. The van der Waals surface area contributed by atoms with Crippen molar-refractivity contribution in [2.24, 2.45) is 0 Å². The average molecular weight is 453 g/mol. The van der Waals surface area contributed by atoms with Gasteiger partial charge in [0.2, 0.25) is 0 Å². The molecule has 0 saturated heterocycles. The van der Waals surface area contributed by atoms with E-state index < -0.39 is 18.5 Å². The first-order valence-corrected chi connectivity index (χ1v) is 11.4. The lowest BCUT2D eigenvalue weighted by molar-refractivity contribution is -0.119. The average Bonchev–Trinajstić information content (AvgIpc) is 2.87. The van der Waals surface area contributed by atoms with Crippen molar-refractivity contribution < 1.29 is 19.1 Å². The zero-order valence-corrected chi connectivity index (χ0v) is 18.6. The van der Waals surface area contributed by atoms with Gasteiger partial charge in [-0.25, -0.2) is 4.79 Å². The van der Waals surface area contributed by atoms with E-state index >= 15 is 0 Å². The van der Waals surface area contributed by atoms with E-state index in [1.54, 1.807) is 18.2 Å². The van der Waals surface area contributed by atoms with E-state index in [2.05, 4.69) is 5.32 Å². The highest BCUT2D eigenvalue weighted by Crippen LogP contribution is 2.31. The second-order valence-corrected chi connectivity index (χ2v) is 8.17. The molecular weight excluding hydrogens is 428 g/mol. The molecule has 0 bridgehead atoms. The zero-order valence-electron chi connectivity index (χ0n) is 18.6. The number of pyridine rings is 1. The van der Waals surface area contributed by atoms with Crippen LogP contribution in [-0.2, 0) is 22.4 Å². The van der Waals surface area contributed by atoms with Gasteiger partial charge in [-0.3, -0.25) is 9.78 Å². The molecule has 0 saturated carbocycles. The summed E-state index contributed by atoms with van der Waals surface area (Å²) < 4.78 is 11.4. The minimum absolute atomic E-state index is 0.399. The maximum atomic E-state index is 13.1. The van der Waals surface area contributed by atoms with Crippen molar-refractivity contribution in [1.82, 2.24) is 4.98 Å². The van der Waals surface area contributed by atoms with Crippen LogP contribution in [0.2, 0.25) is 0 Å². The number of carbonyl (C=O) groups is 2. The van der Waals surface area contributed by atoms with Gasteiger partial charge in [0.1, 0.15) is 5.75 Å². The highest BCUT2D eigenvalue weighted by molar-refractivity contribution is 6.06. The number of aromatic nitrogens is 1. The standard InChI is InChI=1S/C28H24N2O4/c31-26(30-24-16-8-9-17-25(24)34-19-10-2-1-3-11-19)18-33-28(32)27-20-12-4-6-14-22(20)29-23-15-7-5-13-21(23)27/h1-4,6,8-12,14,16-17H,5,7,13,15,18H2,(H,30,31). The smallest absolute Gasteiger partial charge is 0.339 e. The topological polar surface area (TPSA) is 77.5 Å². The molecule has 1 amide bonds. The molecule has 34 heavy (non-hydrogen) atoms. The van der Waals surface area contributed by atoms with Crippen LogP contribution in [-0.4, -0.2) is 23.5 Å². The molecule has 0 unspecified atom stereocenters. The summed E-state index contributed by atoms with van der Waals surface area (Å²) in [6.45, 7) is -0.399. The van der Waals surface area contributed by atoms with Crippen LogP contribution in [0.4, 0.5) is 5.69 Å². The van der Waals surface area contributed by atoms with Gasteiger partial charge in [-0.05, 0) is 61.6 Å². The normalized spacial score (nSPS) is 12.6. The maximum absolute atomic E-state index is 13.1. The Morgan fingerprint density at radius 1 is 0.853 bits per heavy atom. The molecule has 0 radical (unpaired) electrons. The quantitative estimate of drug-likeness (QED) is 0.380. The molecule has 5 rings (SSSR count). The highest BCUT2D eigenvalue weighted by Gasteiger charge is 2.24. The maximum Gasteiger partial charge on any atom is 0.339 e. The molecule has 1 aromatic heterocycles. The minimum atomic E-state index is -0.499.